The van der Waals surface area contributed by atoms with E-state index in [1.54, 1.807) is 13.8 Å². The molecule has 0 aliphatic heterocycles. The zero-order chi connectivity index (χ0) is 8.91. The van der Waals surface area contributed by atoms with Crippen LogP contribution in [0.15, 0.2) is 0 Å². The lowest BCUT2D eigenvalue weighted by atomic mass is 10.1. The van der Waals surface area contributed by atoms with Crippen molar-refractivity contribution in [2.45, 2.75) is 19.4 Å². The van der Waals surface area contributed by atoms with Gasteiger partial charge in [-0.05, 0) is 0 Å². The van der Waals surface area contributed by atoms with E-state index in [1.165, 1.54) is 0 Å². The van der Waals surface area contributed by atoms with E-state index >= 15 is 0 Å². The highest BCUT2D eigenvalue weighted by molar-refractivity contribution is 4.69. The highest BCUT2D eigenvalue weighted by Gasteiger charge is 2.29. The third-order valence-corrected chi connectivity index (χ3v) is 1.37. The molecule has 3 N–H and O–H groups in total. The Morgan fingerprint density at radius 1 is 1.64 bits per heavy atom. The van der Waals surface area contributed by atoms with Crippen molar-refractivity contribution in [3.63, 3.8) is 0 Å². The summed E-state index contributed by atoms with van der Waals surface area (Å²) in [7, 11) is 0. The smallest absolute Gasteiger partial charge is 0.229 e. The Morgan fingerprint density at radius 3 is 2.55 bits per heavy atom. The van der Waals surface area contributed by atoms with Gasteiger partial charge >= 0.3 is 0 Å². The fraction of sp³-hybridized carbons (Fsp3) is 1.00. The maximum atomic E-state index is 10.3. The summed E-state index contributed by atoms with van der Waals surface area (Å²) in [5, 5.41) is 13.2. The Bertz CT molecular complexity index is 136. The molecular formula is C6H15N3O2. The van der Waals surface area contributed by atoms with Gasteiger partial charge in [-0.3, -0.25) is 10.1 Å². The molecule has 0 aromatic heterocycles. The molecule has 0 heterocycles. The summed E-state index contributed by atoms with van der Waals surface area (Å²) in [5.41, 5.74) is 4.31. The van der Waals surface area contributed by atoms with Gasteiger partial charge in [0.05, 0.1) is 6.54 Å². The van der Waals surface area contributed by atoms with Crippen LogP contribution < -0.4 is 11.1 Å². The molecular weight excluding hydrogens is 146 g/mol. The van der Waals surface area contributed by atoms with Crippen LogP contribution in [0, 0.1) is 10.1 Å². The first-order valence-corrected chi connectivity index (χ1v) is 3.56. The molecule has 0 radical (unpaired) electrons. The van der Waals surface area contributed by atoms with Gasteiger partial charge in [-0.25, -0.2) is 0 Å². The number of nitro groups is 1. The molecule has 0 atom stereocenters. The molecule has 0 saturated carbocycles. The molecule has 66 valence electrons. The third-order valence-electron chi connectivity index (χ3n) is 1.37. The van der Waals surface area contributed by atoms with Crippen LogP contribution in [0.25, 0.3) is 0 Å². The maximum Gasteiger partial charge on any atom is 0.229 e. The van der Waals surface area contributed by atoms with Crippen molar-refractivity contribution < 1.29 is 4.92 Å². The number of rotatable bonds is 5. The highest BCUT2D eigenvalue weighted by Crippen LogP contribution is 2.04. The van der Waals surface area contributed by atoms with Gasteiger partial charge in [0.2, 0.25) is 5.54 Å². The van der Waals surface area contributed by atoms with Gasteiger partial charge < -0.3 is 11.1 Å². The van der Waals surface area contributed by atoms with Crippen LogP contribution in [-0.4, -0.2) is 30.1 Å². The van der Waals surface area contributed by atoms with Crippen LogP contribution in [0.4, 0.5) is 0 Å². The summed E-state index contributed by atoms with van der Waals surface area (Å²) in [4.78, 5) is 10.1. The van der Waals surface area contributed by atoms with Crippen LogP contribution in [0.1, 0.15) is 13.8 Å². The van der Waals surface area contributed by atoms with Crippen molar-refractivity contribution >= 4 is 0 Å². The summed E-state index contributed by atoms with van der Waals surface area (Å²) in [6, 6.07) is 0. The van der Waals surface area contributed by atoms with Gasteiger partial charge in [0, 0.05) is 31.9 Å². The van der Waals surface area contributed by atoms with Crippen molar-refractivity contribution in [3.05, 3.63) is 10.1 Å². The van der Waals surface area contributed by atoms with Crippen molar-refractivity contribution in [2.75, 3.05) is 19.6 Å². The van der Waals surface area contributed by atoms with Crippen molar-refractivity contribution in [1.82, 2.24) is 5.32 Å². The van der Waals surface area contributed by atoms with E-state index in [0.29, 0.717) is 19.6 Å². The van der Waals surface area contributed by atoms with Gasteiger partial charge in [0.15, 0.2) is 0 Å². The van der Waals surface area contributed by atoms with Gasteiger partial charge in [-0.1, -0.05) is 0 Å². The molecule has 0 spiro atoms. The molecule has 5 nitrogen and oxygen atoms in total. The average Bonchev–Trinajstić information content (AvgIpc) is 1.88. The lowest BCUT2D eigenvalue weighted by molar-refractivity contribution is -0.558. The molecule has 0 aromatic rings. The summed E-state index contributed by atoms with van der Waals surface area (Å²) in [6.07, 6.45) is 0. The van der Waals surface area contributed by atoms with Crippen LogP contribution in [0.2, 0.25) is 0 Å². The van der Waals surface area contributed by atoms with Gasteiger partial charge in [-0.15, -0.1) is 0 Å². The molecule has 0 rings (SSSR count). The van der Waals surface area contributed by atoms with Crippen LogP contribution in [-0.2, 0) is 0 Å². The van der Waals surface area contributed by atoms with E-state index in [2.05, 4.69) is 5.32 Å². The van der Waals surface area contributed by atoms with Crippen LogP contribution in [0.5, 0.6) is 0 Å². The zero-order valence-electron chi connectivity index (χ0n) is 6.96. The Labute approximate surface area is 66.1 Å². The first-order valence-electron chi connectivity index (χ1n) is 3.56. The lowest BCUT2D eigenvalue weighted by Gasteiger charge is -2.15. The molecule has 0 fully saturated rings. The summed E-state index contributed by atoms with van der Waals surface area (Å²) < 4.78 is 0. The predicted octanol–water partition coefficient (Wildman–Crippen LogP) is -0.410. The molecule has 0 aromatic carbocycles. The Morgan fingerprint density at radius 2 is 2.18 bits per heavy atom. The van der Waals surface area contributed by atoms with E-state index in [1.807, 2.05) is 0 Å². The molecule has 0 bridgehead atoms. The second-order valence-electron chi connectivity index (χ2n) is 3.03. The highest BCUT2D eigenvalue weighted by atomic mass is 16.6. The Balaban J connectivity index is 3.64. The van der Waals surface area contributed by atoms with E-state index in [9.17, 15) is 10.1 Å². The number of nitrogens with zero attached hydrogens (tertiary/aromatic N) is 1. The summed E-state index contributed by atoms with van der Waals surface area (Å²) >= 11 is 0. The largest absolute Gasteiger partial charge is 0.329 e. The van der Waals surface area contributed by atoms with E-state index in [0.717, 1.165) is 0 Å². The normalized spacial score (nSPS) is 11.5. The minimum Gasteiger partial charge on any atom is -0.329 e. The molecule has 0 aliphatic carbocycles. The molecule has 0 aliphatic rings. The SMILES string of the molecule is CC(C)(CNCCN)[N+](=O)[O-]. The van der Waals surface area contributed by atoms with Crippen molar-refractivity contribution in [1.29, 1.82) is 0 Å². The third kappa shape index (κ3) is 3.90. The maximum absolute atomic E-state index is 10.3. The fourth-order valence-electron chi connectivity index (χ4n) is 0.561. The van der Waals surface area contributed by atoms with E-state index < -0.39 is 5.54 Å². The van der Waals surface area contributed by atoms with Gasteiger partial charge in [-0.2, -0.15) is 0 Å². The van der Waals surface area contributed by atoms with Crippen LogP contribution in [0.3, 0.4) is 0 Å². The van der Waals surface area contributed by atoms with E-state index in [4.69, 9.17) is 5.73 Å². The number of hydrogen-bond acceptors (Lipinski definition) is 4. The fourth-order valence-corrected chi connectivity index (χ4v) is 0.561. The van der Waals surface area contributed by atoms with Gasteiger partial charge in [0.25, 0.3) is 0 Å². The standard InChI is InChI=1S/C6H15N3O2/c1-6(2,9(10)11)5-8-4-3-7/h8H,3-5,7H2,1-2H3. The number of nitrogens with one attached hydrogen (secondary N) is 1. The minimum absolute atomic E-state index is 0.295. The van der Waals surface area contributed by atoms with Crippen molar-refractivity contribution in [2.24, 2.45) is 5.73 Å². The zero-order valence-corrected chi connectivity index (χ0v) is 6.96. The topological polar surface area (TPSA) is 81.2 Å². The average molecular weight is 161 g/mol. The molecule has 0 unspecified atom stereocenters. The van der Waals surface area contributed by atoms with E-state index in [-0.39, 0.29) is 4.92 Å². The quantitative estimate of drug-likeness (QED) is 0.326. The molecule has 0 amide bonds. The second kappa shape index (κ2) is 4.25. The number of hydrogen-bond donors (Lipinski definition) is 2. The second-order valence-corrected chi connectivity index (χ2v) is 3.03. The summed E-state index contributed by atoms with van der Waals surface area (Å²) in [6.45, 7) is 4.65. The number of nitrogens with two attached hydrogens (primary N) is 1. The predicted molar refractivity (Wildman–Crippen MR) is 43.0 cm³/mol. The molecule has 11 heavy (non-hydrogen) atoms. The molecule has 0 saturated heterocycles. The first-order chi connectivity index (χ1) is 5.00. The first kappa shape index (κ1) is 10.3. The minimum atomic E-state index is -0.894. The summed E-state index contributed by atoms with van der Waals surface area (Å²) in [5.74, 6) is 0. The van der Waals surface area contributed by atoms with Crippen molar-refractivity contribution in [3.8, 4) is 0 Å². The van der Waals surface area contributed by atoms with Gasteiger partial charge in [0.1, 0.15) is 0 Å². The monoisotopic (exact) mass is 161 g/mol. The Hall–Kier alpha value is -0.680. The van der Waals surface area contributed by atoms with Crippen LogP contribution >= 0.6 is 0 Å². The lowest BCUT2D eigenvalue weighted by Crippen LogP contribution is -2.43. The molecule has 5 heteroatoms. The Kier molecular flexibility index (Phi) is 3.99.